The number of hydrogen-bond acceptors (Lipinski definition) is 5. The van der Waals surface area contributed by atoms with Crippen molar-refractivity contribution in [2.24, 2.45) is 5.10 Å². The van der Waals surface area contributed by atoms with Gasteiger partial charge in [-0.2, -0.15) is 9.78 Å². The molecule has 0 aliphatic carbocycles. The van der Waals surface area contributed by atoms with Crippen LogP contribution >= 0.6 is 0 Å². The molecule has 0 atom stereocenters. The molecule has 2 N–H and O–H groups in total. The van der Waals surface area contributed by atoms with Gasteiger partial charge in [-0.25, -0.2) is 9.37 Å². The van der Waals surface area contributed by atoms with E-state index in [9.17, 15) is 14.3 Å². The van der Waals surface area contributed by atoms with Crippen molar-refractivity contribution in [2.75, 3.05) is 7.11 Å². The highest BCUT2D eigenvalue weighted by molar-refractivity contribution is 6.04. The van der Waals surface area contributed by atoms with Gasteiger partial charge >= 0.3 is 0 Å². The number of aromatic hydroxyl groups is 1. The summed E-state index contributed by atoms with van der Waals surface area (Å²) in [6.45, 7) is 1.65. The number of fused-ring (bicyclic) bond motifs is 3. The van der Waals surface area contributed by atoms with Crippen LogP contribution in [-0.4, -0.2) is 33.1 Å². The zero-order valence-corrected chi connectivity index (χ0v) is 14.5. The number of hydrogen-bond donors (Lipinski definition) is 2. The Balaban J connectivity index is 1.85. The first-order valence-corrected chi connectivity index (χ1v) is 8.10. The zero-order valence-electron chi connectivity index (χ0n) is 14.5. The highest BCUT2D eigenvalue weighted by Gasteiger charge is 2.13. The minimum absolute atomic E-state index is 0.0105. The van der Waals surface area contributed by atoms with Crippen LogP contribution in [0.25, 0.3) is 21.9 Å². The summed E-state index contributed by atoms with van der Waals surface area (Å²) >= 11 is 0. The van der Waals surface area contributed by atoms with Crippen LogP contribution in [0.15, 0.2) is 46.3 Å². The molecule has 0 fully saturated rings. The second kappa shape index (κ2) is 6.24. The lowest BCUT2D eigenvalue weighted by molar-refractivity contribution is 0.373. The molecular weight excluding hydrogens is 351 g/mol. The fourth-order valence-corrected chi connectivity index (χ4v) is 2.92. The topological polar surface area (TPSA) is 92.5 Å². The molecule has 2 heterocycles. The van der Waals surface area contributed by atoms with Gasteiger partial charge in [0.25, 0.3) is 5.56 Å². The van der Waals surface area contributed by atoms with Crippen LogP contribution in [0.1, 0.15) is 11.4 Å². The number of aryl methyl sites for hydroxylation is 1. The maximum atomic E-state index is 13.5. The molecule has 0 aliphatic rings. The first-order chi connectivity index (χ1) is 13.0. The van der Waals surface area contributed by atoms with Gasteiger partial charge in [-0.3, -0.25) is 4.79 Å². The highest BCUT2D eigenvalue weighted by Crippen LogP contribution is 2.26. The molecule has 0 saturated heterocycles. The Morgan fingerprint density at radius 1 is 1.30 bits per heavy atom. The molecule has 0 aliphatic heterocycles. The van der Waals surface area contributed by atoms with Crippen molar-refractivity contribution in [1.82, 2.24) is 14.6 Å². The van der Waals surface area contributed by atoms with Crippen LogP contribution < -0.4 is 10.3 Å². The summed E-state index contributed by atoms with van der Waals surface area (Å²) in [5.74, 6) is 0.275. The van der Waals surface area contributed by atoms with Gasteiger partial charge in [0.15, 0.2) is 11.5 Å². The number of aromatic amines is 1. The van der Waals surface area contributed by atoms with E-state index >= 15 is 0 Å². The summed E-state index contributed by atoms with van der Waals surface area (Å²) < 4.78 is 19.8. The number of phenolic OH excluding ortho intramolecular Hbond substituents is 1. The third-order valence-electron chi connectivity index (χ3n) is 4.25. The Labute approximate surface area is 152 Å². The van der Waals surface area contributed by atoms with E-state index in [0.29, 0.717) is 33.6 Å². The summed E-state index contributed by atoms with van der Waals surface area (Å²) in [4.78, 5) is 20.2. The molecule has 2 aromatic heterocycles. The van der Waals surface area contributed by atoms with Crippen molar-refractivity contribution in [3.05, 3.63) is 64.0 Å². The van der Waals surface area contributed by atoms with Gasteiger partial charge in [-0.1, -0.05) is 0 Å². The highest BCUT2D eigenvalue weighted by atomic mass is 19.1. The first-order valence-electron chi connectivity index (χ1n) is 8.10. The molecule has 136 valence electrons. The van der Waals surface area contributed by atoms with Gasteiger partial charge in [0, 0.05) is 10.9 Å². The summed E-state index contributed by atoms with van der Waals surface area (Å²) in [5.41, 5.74) is 1.53. The van der Waals surface area contributed by atoms with E-state index in [0.717, 1.165) is 4.68 Å². The molecule has 0 bridgehead atoms. The van der Waals surface area contributed by atoms with Crippen molar-refractivity contribution < 1.29 is 14.2 Å². The van der Waals surface area contributed by atoms with E-state index in [4.69, 9.17) is 4.74 Å². The fraction of sp³-hybridized carbons (Fsp3) is 0.105. The lowest BCUT2D eigenvalue weighted by Gasteiger charge is -2.05. The minimum Gasteiger partial charge on any atom is -0.504 e. The molecule has 0 amide bonds. The number of phenols is 1. The van der Waals surface area contributed by atoms with Gasteiger partial charge < -0.3 is 14.8 Å². The number of aromatic nitrogens is 3. The number of methoxy groups -OCH3 is 1. The van der Waals surface area contributed by atoms with Gasteiger partial charge in [0.05, 0.1) is 13.3 Å². The predicted molar refractivity (Wildman–Crippen MR) is 100 cm³/mol. The minimum atomic E-state index is -0.397. The number of rotatable bonds is 3. The zero-order chi connectivity index (χ0) is 19.1. The smallest absolute Gasteiger partial charge is 0.298 e. The van der Waals surface area contributed by atoms with E-state index < -0.39 is 11.4 Å². The Morgan fingerprint density at radius 3 is 2.89 bits per heavy atom. The quantitative estimate of drug-likeness (QED) is 0.545. The molecule has 27 heavy (non-hydrogen) atoms. The largest absolute Gasteiger partial charge is 0.504 e. The molecule has 0 spiro atoms. The average Bonchev–Trinajstić information content (AvgIpc) is 3.01. The third kappa shape index (κ3) is 2.80. The number of nitrogens with zero attached hydrogens (tertiary/aromatic N) is 3. The van der Waals surface area contributed by atoms with Crippen LogP contribution in [-0.2, 0) is 0 Å². The van der Waals surface area contributed by atoms with Crippen LogP contribution in [0, 0.1) is 12.7 Å². The molecule has 8 heteroatoms. The van der Waals surface area contributed by atoms with Crippen molar-refractivity contribution in [3.8, 4) is 11.5 Å². The molecule has 0 radical (unpaired) electrons. The van der Waals surface area contributed by atoms with Gasteiger partial charge in [-0.15, -0.1) is 0 Å². The van der Waals surface area contributed by atoms with Crippen LogP contribution in [0.3, 0.4) is 0 Å². The predicted octanol–water partition coefficient (Wildman–Crippen LogP) is 2.92. The average molecular weight is 366 g/mol. The van der Waals surface area contributed by atoms with Crippen molar-refractivity contribution in [2.45, 2.75) is 6.92 Å². The van der Waals surface area contributed by atoms with Gasteiger partial charge in [0.2, 0.25) is 0 Å². The number of H-pyrrole nitrogens is 1. The van der Waals surface area contributed by atoms with Crippen LogP contribution in [0.5, 0.6) is 11.5 Å². The maximum Gasteiger partial charge on any atom is 0.298 e. The van der Waals surface area contributed by atoms with Gasteiger partial charge in [-0.05, 0) is 48.9 Å². The standard InChI is InChI=1S/C19H15FN4O3/c1-10-22-17-13-8-12(20)4-5-14(13)23-18(17)19(26)24(10)21-9-11-3-6-15(25)16(7-11)27-2/h3-9,23,25H,1-2H3/b21-9-. The summed E-state index contributed by atoms with van der Waals surface area (Å²) in [6.07, 6.45) is 1.46. The summed E-state index contributed by atoms with van der Waals surface area (Å²) in [5, 5.41) is 14.4. The second-order valence-electron chi connectivity index (χ2n) is 5.99. The maximum absolute atomic E-state index is 13.5. The fourth-order valence-electron chi connectivity index (χ4n) is 2.92. The normalized spacial score (nSPS) is 11.7. The Morgan fingerprint density at radius 2 is 2.11 bits per heavy atom. The second-order valence-corrected chi connectivity index (χ2v) is 5.99. The van der Waals surface area contributed by atoms with Crippen molar-refractivity contribution in [1.29, 1.82) is 0 Å². The molecule has 4 rings (SSSR count). The van der Waals surface area contributed by atoms with E-state index in [1.807, 2.05) is 0 Å². The Bertz CT molecular complexity index is 1270. The Hall–Kier alpha value is -3.68. The third-order valence-corrected chi connectivity index (χ3v) is 4.25. The van der Waals surface area contributed by atoms with Crippen molar-refractivity contribution in [3.63, 3.8) is 0 Å². The van der Waals surface area contributed by atoms with Gasteiger partial charge in [0.1, 0.15) is 22.7 Å². The Kier molecular flexibility index (Phi) is 3.88. The SMILES string of the molecule is COc1cc(/C=N\n2c(C)nc3c([nH]c4ccc(F)cc43)c2=O)ccc1O. The monoisotopic (exact) mass is 366 g/mol. The summed E-state index contributed by atoms with van der Waals surface area (Å²) in [6, 6.07) is 8.94. The van der Waals surface area contributed by atoms with Crippen molar-refractivity contribution >= 4 is 28.2 Å². The molecular formula is C19H15FN4O3. The molecule has 2 aromatic carbocycles. The van der Waals surface area contributed by atoms with E-state index in [2.05, 4.69) is 15.1 Å². The van der Waals surface area contributed by atoms with E-state index in [-0.39, 0.29) is 11.3 Å². The number of benzene rings is 2. The lowest BCUT2D eigenvalue weighted by atomic mass is 10.2. The molecule has 0 unspecified atom stereocenters. The lowest BCUT2D eigenvalue weighted by Crippen LogP contribution is -2.20. The summed E-state index contributed by atoms with van der Waals surface area (Å²) in [7, 11) is 1.45. The van der Waals surface area contributed by atoms with Crippen LogP contribution in [0.2, 0.25) is 0 Å². The van der Waals surface area contributed by atoms with E-state index in [1.165, 1.54) is 31.5 Å². The first kappa shape index (κ1) is 16.8. The number of halogens is 1. The van der Waals surface area contributed by atoms with Crippen LogP contribution in [0.4, 0.5) is 4.39 Å². The number of ether oxygens (including phenoxy) is 1. The molecule has 0 saturated carbocycles. The molecule has 4 aromatic rings. The molecule has 7 nitrogen and oxygen atoms in total. The number of nitrogens with one attached hydrogen (secondary N) is 1. The van der Waals surface area contributed by atoms with E-state index in [1.54, 1.807) is 25.1 Å².